The molecule has 1 rings (SSSR count). The second kappa shape index (κ2) is 6.57. The zero-order valence-corrected chi connectivity index (χ0v) is 12.9. The van der Waals surface area contributed by atoms with Gasteiger partial charge in [0.1, 0.15) is 0 Å². The van der Waals surface area contributed by atoms with Gasteiger partial charge >= 0.3 is 5.97 Å². The predicted octanol–water partition coefficient (Wildman–Crippen LogP) is 0.913. The SMILES string of the molecule is Cc1ccc(C(=O)N(C)CCC(=O)O)cc1NS(C)(=O)=O. The van der Waals surface area contributed by atoms with Crippen LogP contribution >= 0.6 is 0 Å². The molecular formula is C13H18N2O5S. The average Bonchev–Trinajstić information content (AvgIpc) is 2.36. The Balaban J connectivity index is 2.95. The molecule has 1 aromatic rings. The summed E-state index contributed by atoms with van der Waals surface area (Å²) >= 11 is 0. The number of amides is 1. The molecule has 0 aliphatic rings. The standard InChI is InChI=1S/C13H18N2O5S/c1-9-4-5-10(8-11(9)14-21(3,19)20)13(18)15(2)7-6-12(16)17/h4-5,8,14H,6-7H2,1-3H3,(H,16,17). The van der Waals surface area contributed by atoms with E-state index in [-0.39, 0.29) is 18.9 Å². The number of carbonyl (C=O) groups excluding carboxylic acids is 1. The average molecular weight is 314 g/mol. The van der Waals surface area contributed by atoms with Gasteiger partial charge in [0.2, 0.25) is 10.0 Å². The minimum atomic E-state index is -3.44. The van der Waals surface area contributed by atoms with Crippen molar-refractivity contribution < 1.29 is 23.1 Å². The molecule has 0 spiro atoms. The Morgan fingerprint density at radius 3 is 2.48 bits per heavy atom. The third-order valence-corrected chi connectivity index (χ3v) is 3.38. The number of rotatable bonds is 6. The highest BCUT2D eigenvalue weighted by atomic mass is 32.2. The van der Waals surface area contributed by atoms with Crippen molar-refractivity contribution in [1.82, 2.24) is 4.90 Å². The van der Waals surface area contributed by atoms with Crippen LogP contribution in [-0.4, -0.2) is 50.1 Å². The van der Waals surface area contributed by atoms with E-state index in [0.717, 1.165) is 6.26 Å². The van der Waals surface area contributed by atoms with Crippen molar-refractivity contribution in [1.29, 1.82) is 0 Å². The minimum Gasteiger partial charge on any atom is -0.481 e. The molecule has 0 heterocycles. The molecule has 116 valence electrons. The quantitative estimate of drug-likeness (QED) is 0.812. The van der Waals surface area contributed by atoms with E-state index < -0.39 is 16.0 Å². The number of carboxylic acid groups (broad SMARTS) is 1. The fourth-order valence-corrected chi connectivity index (χ4v) is 2.27. The van der Waals surface area contributed by atoms with Crippen LogP contribution in [0.1, 0.15) is 22.3 Å². The van der Waals surface area contributed by atoms with Crippen LogP contribution < -0.4 is 4.72 Å². The van der Waals surface area contributed by atoms with Crippen molar-refractivity contribution in [3.63, 3.8) is 0 Å². The third-order valence-electron chi connectivity index (χ3n) is 2.79. The van der Waals surface area contributed by atoms with E-state index in [1.165, 1.54) is 18.0 Å². The zero-order valence-electron chi connectivity index (χ0n) is 12.1. The van der Waals surface area contributed by atoms with E-state index in [4.69, 9.17) is 5.11 Å². The molecule has 0 saturated carbocycles. The number of carbonyl (C=O) groups is 2. The Hall–Kier alpha value is -2.09. The molecule has 0 fully saturated rings. The van der Waals surface area contributed by atoms with Crippen LogP contribution in [-0.2, 0) is 14.8 Å². The predicted molar refractivity (Wildman–Crippen MR) is 78.9 cm³/mol. The van der Waals surface area contributed by atoms with Crippen molar-refractivity contribution >= 4 is 27.6 Å². The Kier molecular flexibility index (Phi) is 5.31. The minimum absolute atomic E-state index is 0.0802. The maximum Gasteiger partial charge on any atom is 0.305 e. The number of aliphatic carboxylic acids is 1. The summed E-state index contributed by atoms with van der Waals surface area (Å²) in [6, 6.07) is 4.64. The normalized spacial score (nSPS) is 11.0. The molecule has 0 aliphatic carbocycles. The number of hydrogen-bond donors (Lipinski definition) is 2. The fourth-order valence-electron chi connectivity index (χ4n) is 1.65. The van der Waals surface area contributed by atoms with Gasteiger partial charge in [-0.25, -0.2) is 8.42 Å². The number of hydrogen-bond acceptors (Lipinski definition) is 4. The monoisotopic (exact) mass is 314 g/mol. The molecule has 0 bridgehead atoms. The molecule has 21 heavy (non-hydrogen) atoms. The van der Waals surface area contributed by atoms with Crippen molar-refractivity contribution in [3.05, 3.63) is 29.3 Å². The summed E-state index contributed by atoms with van der Waals surface area (Å²) in [5, 5.41) is 8.61. The van der Waals surface area contributed by atoms with Gasteiger partial charge in [0.25, 0.3) is 5.91 Å². The molecule has 0 saturated heterocycles. The first kappa shape index (κ1) is 17.0. The first-order valence-electron chi connectivity index (χ1n) is 6.16. The van der Waals surface area contributed by atoms with Gasteiger partial charge in [0.15, 0.2) is 0 Å². The number of anilines is 1. The van der Waals surface area contributed by atoms with E-state index in [2.05, 4.69) is 4.72 Å². The fraction of sp³-hybridized carbons (Fsp3) is 0.385. The first-order chi connectivity index (χ1) is 9.60. The summed E-state index contributed by atoms with van der Waals surface area (Å²) in [7, 11) is -1.94. The number of nitrogens with one attached hydrogen (secondary N) is 1. The number of nitrogens with zero attached hydrogens (tertiary/aromatic N) is 1. The molecule has 8 heteroatoms. The van der Waals surface area contributed by atoms with Crippen molar-refractivity contribution in [2.75, 3.05) is 24.6 Å². The summed E-state index contributed by atoms with van der Waals surface area (Å²) in [6.07, 6.45) is 0.877. The van der Waals surface area contributed by atoms with Crippen LogP contribution in [0.15, 0.2) is 18.2 Å². The van der Waals surface area contributed by atoms with E-state index in [0.29, 0.717) is 16.8 Å². The Morgan fingerprint density at radius 1 is 1.33 bits per heavy atom. The van der Waals surface area contributed by atoms with E-state index in [1.54, 1.807) is 19.1 Å². The van der Waals surface area contributed by atoms with Crippen molar-refractivity contribution in [2.45, 2.75) is 13.3 Å². The maximum atomic E-state index is 12.1. The zero-order chi connectivity index (χ0) is 16.2. The lowest BCUT2D eigenvalue weighted by Gasteiger charge is -2.17. The molecule has 0 unspecified atom stereocenters. The molecule has 0 radical (unpaired) electrons. The van der Waals surface area contributed by atoms with Gasteiger partial charge in [0.05, 0.1) is 18.4 Å². The summed E-state index contributed by atoms with van der Waals surface area (Å²) in [6.45, 7) is 1.80. The summed E-state index contributed by atoms with van der Waals surface area (Å²) < 4.78 is 24.9. The highest BCUT2D eigenvalue weighted by Gasteiger charge is 2.15. The van der Waals surface area contributed by atoms with E-state index in [9.17, 15) is 18.0 Å². The Morgan fingerprint density at radius 2 is 1.95 bits per heavy atom. The molecule has 0 aliphatic heterocycles. The summed E-state index contributed by atoms with van der Waals surface area (Å²) in [4.78, 5) is 23.9. The van der Waals surface area contributed by atoms with Gasteiger partial charge in [-0.1, -0.05) is 6.07 Å². The van der Waals surface area contributed by atoms with Gasteiger partial charge in [0, 0.05) is 19.2 Å². The Labute approximate surface area is 123 Å². The summed E-state index contributed by atoms with van der Waals surface area (Å²) in [5.74, 6) is -1.36. The van der Waals surface area contributed by atoms with Crippen LogP contribution in [0.4, 0.5) is 5.69 Å². The lowest BCUT2D eigenvalue weighted by atomic mass is 10.1. The highest BCUT2D eigenvalue weighted by molar-refractivity contribution is 7.92. The number of aryl methyl sites for hydroxylation is 1. The molecule has 0 aromatic heterocycles. The third kappa shape index (κ3) is 5.42. The maximum absolute atomic E-state index is 12.1. The second-order valence-electron chi connectivity index (χ2n) is 4.77. The summed E-state index contributed by atoms with van der Waals surface area (Å²) in [5.41, 5.74) is 1.31. The van der Waals surface area contributed by atoms with Gasteiger partial charge in [-0.2, -0.15) is 0 Å². The van der Waals surface area contributed by atoms with Crippen molar-refractivity contribution in [2.24, 2.45) is 0 Å². The lowest BCUT2D eigenvalue weighted by molar-refractivity contribution is -0.137. The number of benzene rings is 1. The van der Waals surface area contributed by atoms with Gasteiger partial charge < -0.3 is 10.0 Å². The number of sulfonamides is 1. The molecule has 0 atom stereocenters. The molecule has 1 aromatic carbocycles. The first-order valence-corrected chi connectivity index (χ1v) is 8.05. The topological polar surface area (TPSA) is 104 Å². The van der Waals surface area contributed by atoms with Crippen LogP contribution in [0, 0.1) is 6.92 Å². The molecule has 2 N–H and O–H groups in total. The largest absolute Gasteiger partial charge is 0.481 e. The highest BCUT2D eigenvalue weighted by Crippen LogP contribution is 2.19. The van der Waals surface area contributed by atoms with Crippen LogP contribution in [0.3, 0.4) is 0 Å². The Bertz CT molecular complexity index is 655. The lowest BCUT2D eigenvalue weighted by Crippen LogP contribution is -2.29. The van der Waals surface area contributed by atoms with E-state index >= 15 is 0 Å². The smallest absolute Gasteiger partial charge is 0.305 e. The number of carboxylic acids is 1. The van der Waals surface area contributed by atoms with Crippen LogP contribution in [0.25, 0.3) is 0 Å². The van der Waals surface area contributed by atoms with E-state index in [1.807, 2.05) is 0 Å². The van der Waals surface area contributed by atoms with Gasteiger partial charge in [-0.15, -0.1) is 0 Å². The van der Waals surface area contributed by atoms with Crippen LogP contribution in [0.5, 0.6) is 0 Å². The van der Waals surface area contributed by atoms with Gasteiger partial charge in [-0.05, 0) is 24.6 Å². The molecule has 7 nitrogen and oxygen atoms in total. The van der Waals surface area contributed by atoms with Crippen LogP contribution in [0.2, 0.25) is 0 Å². The second-order valence-corrected chi connectivity index (χ2v) is 6.52. The van der Waals surface area contributed by atoms with Gasteiger partial charge in [-0.3, -0.25) is 14.3 Å². The molecule has 1 amide bonds. The van der Waals surface area contributed by atoms with Crippen molar-refractivity contribution in [3.8, 4) is 0 Å². The molecular weight excluding hydrogens is 296 g/mol.